The molecule has 0 aromatic rings. The van der Waals surface area contributed by atoms with Crippen molar-refractivity contribution in [3.63, 3.8) is 0 Å². The van der Waals surface area contributed by atoms with Gasteiger partial charge in [-0.15, -0.1) is 0 Å². The number of hydrogen-bond acceptors (Lipinski definition) is 3. The maximum atomic E-state index is 11.9. The molecule has 3 saturated carbocycles. The SMILES string of the molecule is CCC(=O)O[C@H]1CC[C@H]2[C@@H]3CCC4=CCCC[C@]4(CO)[C@H]3CC[C@]12C. The molecule has 0 bridgehead atoms. The second-order valence-corrected chi connectivity index (χ2v) is 9.31. The maximum absolute atomic E-state index is 11.9. The van der Waals surface area contributed by atoms with Crippen molar-refractivity contribution in [2.45, 2.75) is 84.2 Å². The first-order chi connectivity index (χ1) is 12.0. The molecule has 4 aliphatic rings. The van der Waals surface area contributed by atoms with Crippen molar-refractivity contribution in [2.24, 2.45) is 28.6 Å². The Kier molecular flexibility index (Phi) is 4.50. The van der Waals surface area contributed by atoms with E-state index in [1.54, 1.807) is 5.57 Å². The standard InChI is InChI=1S/C22H34O3/c1-3-20(24)25-19-10-9-17-16-8-7-15-6-4-5-12-22(15,14-23)18(16)11-13-21(17,19)2/h6,16-19,23H,3-5,7-14H2,1-2H3/t16-,17-,18-,19-,21-,22+/m0/s1. The van der Waals surface area contributed by atoms with E-state index < -0.39 is 0 Å². The summed E-state index contributed by atoms with van der Waals surface area (Å²) in [6.45, 7) is 4.60. The highest BCUT2D eigenvalue weighted by Crippen LogP contribution is 2.65. The molecule has 140 valence electrons. The van der Waals surface area contributed by atoms with Crippen LogP contribution in [0.15, 0.2) is 11.6 Å². The zero-order chi connectivity index (χ0) is 17.7. The molecular formula is C22H34O3. The number of carbonyl (C=O) groups is 1. The molecule has 3 nitrogen and oxygen atoms in total. The molecule has 4 aliphatic carbocycles. The summed E-state index contributed by atoms with van der Waals surface area (Å²) >= 11 is 0. The van der Waals surface area contributed by atoms with E-state index in [9.17, 15) is 9.90 Å². The summed E-state index contributed by atoms with van der Waals surface area (Å²) in [6.07, 6.45) is 13.6. The first-order valence-corrected chi connectivity index (χ1v) is 10.5. The predicted octanol–water partition coefficient (Wildman–Crippen LogP) is 4.63. The van der Waals surface area contributed by atoms with Gasteiger partial charge in [-0.2, -0.15) is 0 Å². The van der Waals surface area contributed by atoms with Crippen LogP contribution in [0.1, 0.15) is 78.1 Å². The first kappa shape index (κ1) is 17.6. The second kappa shape index (κ2) is 6.40. The minimum atomic E-state index is -0.0398. The number of carbonyl (C=O) groups excluding carboxylic acids is 1. The van der Waals surface area contributed by atoms with Gasteiger partial charge in [0.25, 0.3) is 0 Å². The molecular weight excluding hydrogens is 312 g/mol. The number of aliphatic hydroxyl groups excluding tert-OH is 1. The molecule has 0 amide bonds. The Hall–Kier alpha value is -0.830. The van der Waals surface area contributed by atoms with Gasteiger partial charge >= 0.3 is 5.97 Å². The number of hydrogen-bond donors (Lipinski definition) is 1. The fraction of sp³-hybridized carbons (Fsp3) is 0.864. The average molecular weight is 347 g/mol. The van der Waals surface area contributed by atoms with Gasteiger partial charge in [-0.05, 0) is 75.5 Å². The molecule has 0 unspecified atom stereocenters. The Morgan fingerprint density at radius 1 is 1.24 bits per heavy atom. The highest BCUT2D eigenvalue weighted by molar-refractivity contribution is 5.69. The van der Waals surface area contributed by atoms with Gasteiger partial charge in [0, 0.05) is 17.3 Å². The number of esters is 1. The largest absolute Gasteiger partial charge is 0.462 e. The van der Waals surface area contributed by atoms with E-state index >= 15 is 0 Å². The predicted molar refractivity (Wildman–Crippen MR) is 97.9 cm³/mol. The van der Waals surface area contributed by atoms with Crippen LogP contribution in [0.3, 0.4) is 0 Å². The Bertz CT molecular complexity index is 568. The normalized spacial score (nSPS) is 45.8. The molecule has 25 heavy (non-hydrogen) atoms. The third-order valence-electron chi connectivity index (χ3n) is 8.51. The summed E-state index contributed by atoms with van der Waals surface area (Å²) in [5, 5.41) is 10.4. The van der Waals surface area contributed by atoms with Gasteiger partial charge in [0.15, 0.2) is 0 Å². The molecule has 3 fully saturated rings. The van der Waals surface area contributed by atoms with Crippen LogP contribution in [-0.4, -0.2) is 23.8 Å². The maximum Gasteiger partial charge on any atom is 0.305 e. The molecule has 4 rings (SSSR count). The molecule has 0 aromatic heterocycles. The topological polar surface area (TPSA) is 46.5 Å². The number of ether oxygens (including phenoxy) is 1. The number of fused-ring (bicyclic) bond motifs is 5. The van der Waals surface area contributed by atoms with Gasteiger partial charge in [0.05, 0.1) is 6.61 Å². The molecule has 1 N–H and O–H groups in total. The van der Waals surface area contributed by atoms with Crippen LogP contribution < -0.4 is 0 Å². The van der Waals surface area contributed by atoms with Gasteiger partial charge in [-0.3, -0.25) is 4.79 Å². The average Bonchev–Trinajstić information content (AvgIpc) is 2.97. The van der Waals surface area contributed by atoms with Crippen LogP contribution in [0.4, 0.5) is 0 Å². The Balaban J connectivity index is 1.60. The summed E-state index contributed by atoms with van der Waals surface area (Å²) in [6, 6.07) is 0. The lowest BCUT2D eigenvalue weighted by molar-refractivity contribution is -0.160. The van der Waals surface area contributed by atoms with Gasteiger partial charge < -0.3 is 9.84 Å². The van der Waals surface area contributed by atoms with Crippen molar-refractivity contribution in [3.05, 3.63) is 11.6 Å². The van der Waals surface area contributed by atoms with Crippen LogP contribution in [0.25, 0.3) is 0 Å². The molecule has 0 saturated heterocycles. The van der Waals surface area contributed by atoms with Crippen LogP contribution in [0.2, 0.25) is 0 Å². The smallest absolute Gasteiger partial charge is 0.305 e. The highest BCUT2D eigenvalue weighted by atomic mass is 16.5. The summed E-state index contributed by atoms with van der Waals surface area (Å²) in [5.41, 5.74) is 1.79. The number of aliphatic hydroxyl groups is 1. The summed E-state index contributed by atoms with van der Waals surface area (Å²) < 4.78 is 5.87. The van der Waals surface area contributed by atoms with E-state index in [0.29, 0.717) is 30.8 Å². The molecule has 0 radical (unpaired) electrons. The Morgan fingerprint density at radius 2 is 2.08 bits per heavy atom. The molecule has 3 heteroatoms. The van der Waals surface area contributed by atoms with Gasteiger partial charge in [0.1, 0.15) is 6.10 Å². The van der Waals surface area contributed by atoms with E-state index in [4.69, 9.17) is 4.74 Å². The van der Waals surface area contributed by atoms with E-state index in [0.717, 1.165) is 12.8 Å². The number of allylic oxidation sites excluding steroid dienone is 1. The van der Waals surface area contributed by atoms with Crippen LogP contribution in [0, 0.1) is 28.6 Å². The minimum Gasteiger partial charge on any atom is -0.462 e. The molecule has 6 atom stereocenters. The highest BCUT2D eigenvalue weighted by Gasteiger charge is 2.60. The monoisotopic (exact) mass is 346 g/mol. The molecule has 0 spiro atoms. The third-order valence-corrected chi connectivity index (χ3v) is 8.51. The summed E-state index contributed by atoms with van der Waals surface area (Å²) in [4.78, 5) is 11.9. The minimum absolute atomic E-state index is 0.0398. The molecule has 0 aromatic carbocycles. The fourth-order valence-electron chi connectivity index (χ4n) is 7.22. The van der Waals surface area contributed by atoms with E-state index in [1.165, 1.54) is 44.9 Å². The van der Waals surface area contributed by atoms with Crippen molar-refractivity contribution in [2.75, 3.05) is 6.61 Å². The Morgan fingerprint density at radius 3 is 2.84 bits per heavy atom. The molecule has 0 heterocycles. The van der Waals surface area contributed by atoms with E-state index in [2.05, 4.69) is 13.0 Å². The van der Waals surface area contributed by atoms with Crippen molar-refractivity contribution in [1.29, 1.82) is 0 Å². The lowest BCUT2D eigenvalue weighted by Gasteiger charge is -2.58. The van der Waals surface area contributed by atoms with Crippen LogP contribution >= 0.6 is 0 Å². The lowest BCUT2D eigenvalue weighted by atomic mass is 9.47. The lowest BCUT2D eigenvalue weighted by Crippen LogP contribution is -2.53. The Labute approximate surface area is 152 Å². The van der Waals surface area contributed by atoms with E-state index in [-0.39, 0.29) is 22.9 Å². The van der Waals surface area contributed by atoms with Crippen molar-refractivity contribution in [1.82, 2.24) is 0 Å². The first-order valence-electron chi connectivity index (χ1n) is 10.5. The van der Waals surface area contributed by atoms with Crippen LogP contribution in [-0.2, 0) is 9.53 Å². The fourth-order valence-corrected chi connectivity index (χ4v) is 7.22. The summed E-state index contributed by atoms with van der Waals surface area (Å²) in [5.74, 6) is 1.96. The summed E-state index contributed by atoms with van der Waals surface area (Å²) in [7, 11) is 0. The quantitative estimate of drug-likeness (QED) is 0.598. The molecule has 0 aliphatic heterocycles. The zero-order valence-corrected chi connectivity index (χ0v) is 15.9. The van der Waals surface area contributed by atoms with Crippen LogP contribution in [0.5, 0.6) is 0 Å². The zero-order valence-electron chi connectivity index (χ0n) is 15.9. The van der Waals surface area contributed by atoms with Gasteiger partial charge in [-0.1, -0.05) is 25.5 Å². The van der Waals surface area contributed by atoms with Crippen molar-refractivity contribution < 1.29 is 14.6 Å². The van der Waals surface area contributed by atoms with Gasteiger partial charge in [0.2, 0.25) is 0 Å². The van der Waals surface area contributed by atoms with E-state index in [1.807, 2.05) is 6.92 Å². The van der Waals surface area contributed by atoms with Crippen molar-refractivity contribution >= 4 is 5.97 Å². The second-order valence-electron chi connectivity index (χ2n) is 9.31. The number of rotatable bonds is 3. The van der Waals surface area contributed by atoms with Crippen molar-refractivity contribution in [3.8, 4) is 0 Å². The third kappa shape index (κ3) is 2.52. The van der Waals surface area contributed by atoms with Gasteiger partial charge in [-0.25, -0.2) is 0 Å².